The smallest absolute Gasteiger partial charge is 0.220 e. The molecule has 0 aliphatic heterocycles. The Morgan fingerprint density at radius 1 is 1.21 bits per heavy atom. The van der Waals surface area contributed by atoms with Gasteiger partial charge in [0.05, 0.1) is 6.20 Å². The Hall–Kier alpha value is -1.27. The van der Waals surface area contributed by atoms with Crippen LogP contribution in [-0.2, 0) is 11.2 Å². The van der Waals surface area contributed by atoms with Crippen LogP contribution in [0.2, 0.25) is 5.02 Å². The highest BCUT2D eigenvalue weighted by molar-refractivity contribution is 6.30. The topological polar surface area (TPSA) is 81.1 Å². The first-order chi connectivity index (χ1) is 12.7. The third-order valence-electron chi connectivity index (χ3n) is 5.07. The monoisotopic (exact) mass is 447 g/mol. The first-order valence-electron chi connectivity index (χ1n) is 9.36. The molecule has 1 aromatic carbocycles. The third kappa shape index (κ3) is 6.96. The molecule has 1 aliphatic rings. The molecule has 1 amide bonds. The van der Waals surface area contributed by atoms with Gasteiger partial charge < -0.3 is 15.5 Å². The SMILES string of the molecule is Cl.Cl.NCC(NC(=O)CCc1ncc(-c2ccc(Cl)cc2)o1)C1CCCCC1. The molecule has 2 aromatic rings. The highest BCUT2D eigenvalue weighted by atomic mass is 35.5. The van der Waals surface area contributed by atoms with E-state index in [9.17, 15) is 4.79 Å². The normalized spacial score (nSPS) is 15.2. The predicted molar refractivity (Wildman–Crippen MR) is 117 cm³/mol. The number of carbonyl (C=O) groups is 1. The number of amides is 1. The number of benzene rings is 1. The first kappa shape index (κ1) is 24.8. The zero-order valence-corrected chi connectivity index (χ0v) is 18.1. The number of halogens is 3. The summed E-state index contributed by atoms with van der Waals surface area (Å²) in [5.41, 5.74) is 6.80. The van der Waals surface area contributed by atoms with Crippen LogP contribution in [0.25, 0.3) is 11.3 Å². The summed E-state index contributed by atoms with van der Waals surface area (Å²) in [6, 6.07) is 7.47. The summed E-state index contributed by atoms with van der Waals surface area (Å²) in [5.74, 6) is 1.76. The maximum absolute atomic E-state index is 12.3. The summed E-state index contributed by atoms with van der Waals surface area (Å²) >= 11 is 5.90. The lowest BCUT2D eigenvalue weighted by Crippen LogP contribution is -2.46. The lowest BCUT2D eigenvalue weighted by Gasteiger charge is -2.30. The molecule has 3 N–H and O–H groups in total. The fourth-order valence-corrected chi connectivity index (χ4v) is 3.70. The molecule has 156 valence electrons. The summed E-state index contributed by atoms with van der Waals surface area (Å²) in [6.07, 6.45) is 8.59. The van der Waals surface area contributed by atoms with E-state index in [1.165, 1.54) is 19.3 Å². The number of aryl methyl sites for hydroxylation is 1. The second-order valence-corrected chi connectivity index (χ2v) is 7.37. The molecule has 28 heavy (non-hydrogen) atoms. The molecule has 1 aliphatic carbocycles. The Bertz CT molecular complexity index is 716. The first-order valence-corrected chi connectivity index (χ1v) is 9.73. The van der Waals surface area contributed by atoms with Crippen LogP contribution in [0.5, 0.6) is 0 Å². The number of rotatable bonds is 7. The average Bonchev–Trinajstić information content (AvgIpc) is 3.15. The van der Waals surface area contributed by atoms with Crippen molar-refractivity contribution in [2.24, 2.45) is 11.7 Å². The summed E-state index contributed by atoms with van der Waals surface area (Å²) in [4.78, 5) is 16.6. The van der Waals surface area contributed by atoms with Crippen LogP contribution in [0.1, 0.15) is 44.4 Å². The van der Waals surface area contributed by atoms with Gasteiger partial charge in [0.25, 0.3) is 0 Å². The van der Waals surface area contributed by atoms with Crippen LogP contribution in [-0.4, -0.2) is 23.5 Å². The van der Waals surface area contributed by atoms with Crippen molar-refractivity contribution in [3.63, 3.8) is 0 Å². The lowest BCUT2D eigenvalue weighted by atomic mass is 9.84. The number of hydrogen-bond donors (Lipinski definition) is 2. The number of carbonyl (C=O) groups excluding carboxylic acids is 1. The van der Waals surface area contributed by atoms with E-state index < -0.39 is 0 Å². The molecule has 1 atom stereocenters. The zero-order valence-electron chi connectivity index (χ0n) is 15.7. The van der Waals surface area contributed by atoms with Crippen LogP contribution >= 0.6 is 36.4 Å². The summed E-state index contributed by atoms with van der Waals surface area (Å²) < 4.78 is 5.75. The molecule has 1 fully saturated rings. The number of nitrogens with two attached hydrogens (primary N) is 1. The largest absolute Gasteiger partial charge is 0.441 e. The van der Waals surface area contributed by atoms with Gasteiger partial charge in [0.2, 0.25) is 5.91 Å². The van der Waals surface area contributed by atoms with Crippen LogP contribution in [0, 0.1) is 5.92 Å². The molecule has 0 saturated heterocycles. The Kier molecular flexibility index (Phi) is 10.9. The second kappa shape index (κ2) is 12.3. The lowest BCUT2D eigenvalue weighted by molar-refractivity contribution is -0.122. The van der Waals surface area contributed by atoms with E-state index in [-0.39, 0.29) is 36.8 Å². The van der Waals surface area contributed by atoms with Gasteiger partial charge in [-0.15, -0.1) is 24.8 Å². The van der Waals surface area contributed by atoms with Crippen LogP contribution in [0.3, 0.4) is 0 Å². The van der Waals surface area contributed by atoms with Crippen molar-refractivity contribution >= 4 is 42.3 Å². The molecule has 1 saturated carbocycles. The zero-order chi connectivity index (χ0) is 18.4. The average molecular weight is 449 g/mol. The third-order valence-corrected chi connectivity index (χ3v) is 5.32. The molecule has 1 aromatic heterocycles. The van der Waals surface area contributed by atoms with Crippen LogP contribution < -0.4 is 11.1 Å². The quantitative estimate of drug-likeness (QED) is 0.638. The van der Waals surface area contributed by atoms with E-state index in [0.717, 1.165) is 18.4 Å². The molecule has 0 spiro atoms. The van der Waals surface area contributed by atoms with E-state index in [0.29, 0.717) is 42.0 Å². The summed E-state index contributed by atoms with van der Waals surface area (Å²) in [5, 5.41) is 3.78. The summed E-state index contributed by atoms with van der Waals surface area (Å²) in [7, 11) is 0. The van der Waals surface area contributed by atoms with E-state index >= 15 is 0 Å². The molecule has 0 bridgehead atoms. The van der Waals surface area contributed by atoms with E-state index in [2.05, 4.69) is 10.3 Å². The maximum atomic E-state index is 12.3. The molecule has 1 unspecified atom stereocenters. The van der Waals surface area contributed by atoms with Crippen molar-refractivity contribution in [2.75, 3.05) is 6.54 Å². The van der Waals surface area contributed by atoms with Gasteiger partial charge in [-0.2, -0.15) is 0 Å². The van der Waals surface area contributed by atoms with Crippen molar-refractivity contribution in [1.82, 2.24) is 10.3 Å². The van der Waals surface area contributed by atoms with E-state index in [1.54, 1.807) is 6.20 Å². The van der Waals surface area contributed by atoms with Crippen LogP contribution in [0.4, 0.5) is 0 Å². The molecular formula is C20H28Cl3N3O2. The fourth-order valence-electron chi connectivity index (χ4n) is 3.58. The molecule has 1 heterocycles. The standard InChI is InChI=1S/C20H26ClN3O2.2ClH/c21-16-8-6-15(7-9-16)18-13-23-20(26-18)11-10-19(25)24-17(12-22)14-4-2-1-3-5-14;;/h6-9,13-14,17H,1-5,10-12,22H2,(H,24,25);2*1H. The van der Waals surface area contributed by atoms with Gasteiger partial charge in [-0.3, -0.25) is 4.79 Å². The number of nitrogens with zero attached hydrogens (tertiary/aromatic N) is 1. The Labute approximate surface area is 183 Å². The highest BCUT2D eigenvalue weighted by Crippen LogP contribution is 2.26. The second-order valence-electron chi connectivity index (χ2n) is 6.93. The van der Waals surface area contributed by atoms with Gasteiger partial charge in [0, 0.05) is 36.0 Å². The van der Waals surface area contributed by atoms with Gasteiger partial charge in [0.1, 0.15) is 0 Å². The van der Waals surface area contributed by atoms with Gasteiger partial charge in [0.15, 0.2) is 11.7 Å². The Morgan fingerprint density at radius 3 is 2.54 bits per heavy atom. The molecule has 8 heteroatoms. The highest BCUT2D eigenvalue weighted by Gasteiger charge is 2.24. The number of hydrogen-bond acceptors (Lipinski definition) is 4. The van der Waals surface area contributed by atoms with E-state index in [4.69, 9.17) is 21.8 Å². The van der Waals surface area contributed by atoms with Crippen molar-refractivity contribution in [2.45, 2.75) is 51.0 Å². The summed E-state index contributed by atoms with van der Waals surface area (Å²) in [6.45, 7) is 0.496. The minimum atomic E-state index is 0. The minimum Gasteiger partial charge on any atom is -0.441 e. The van der Waals surface area contributed by atoms with Gasteiger partial charge in [-0.1, -0.05) is 30.9 Å². The molecule has 3 rings (SSSR count). The van der Waals surface area contributed by atoms with Crippen molar-refractivity contribution in [3.05, 3.63) is 41.4 Å². The number of nitrogens with one attached hydrogen (secondary N) is 1. The Morgan fingerprint density at radius 2 is 1.89 bits per heavy atom. The molecule has 5 nitrogen and oxygen atoms in total. The fraction of sp³-hybridized carbons (Fsp3) is 0.500. The van der Waals surface area contributed by atoms with Gasteiger partial charge >= 0.3 is 0 Å². The van der Waals surface area contributed by atoms with Crippen molar-refractivity contribution < 1.29 is 9.21 Å². The minimum absolute atomic E-state index is 0. The molecule has 0 radical (unpaired) electrons. The van der Waals surface area contributed by atoms with Crippen molar-refractivity contribution in [1.29, 1.82) is 0 Å². The maximum Gasteiger partial charge on any atom is 0.220 e. The van der Waals surface area contributed by atoms with E-state index in [1.807, 2.05) is 24.3 Å². The van der Waals surface area contributed by atoms with Crippen molar-refractivity contribution in [3.8, 4) is 11.3 Å². The predicted octanol–water partition coefficient (Wildman–Crippen LogP) is 4.80. The number of oxazole rings is 1. The van der Waals surface area contributed by atoms with Crippen LogP contribution in [0.15, 0.2) is 34.9 Å². The van der Waals surface area contributed by atoms with Gasteiger partial charge in [-0.05, 0) is 43.0 Å². The molecular weight excluding hydrogens is 421 g/mol. The number of aromatic nitrogens is 1. The van der Waals surface area contributed by atoms with Gasteiger partial charge in [-0.25, -0.2) is 4.98 Å². The Balaban J connectivity index is 0.00000196.